The molecule has 172 valence electrons. The molecule has 12 nitrogen and oxygen atoms in total. The van der Waals surface area contributed by atoms with Crippen LogP contribution in [-0.4, -0.2) is 70.1 Å². The lowest BCUT2D eigenvalue weighted by Crippen LogP contribution is -2.60. The number of rotatable bonds is 13. The van der Waals surface area contributed by atoms with Crippen LogP contribution in [0.25, 0.3) is 0 Å². The van der Waals surface area contributed by atoms with E-state index in [4.69, 9.17) is 11.5 Å². The molecule has 30 heavy (non-hydrogen) atoms. The summed E-state index contributed by atoms with van der Waals surface area (Å²) >= 11 is 0. The average molecular weight is 431 g/mol. The Bertz CT molecular complexity index is 638. The molecule has 0 bridgehead atoms. The molecule has 0 aliphatic carbocycles. The number of carboxylic acids is 1. The van der Waals surface area contributed by atoms with Gasteiger partial charge in [0.1, 0.15) is 18.1 Å². The van der Waals surface area contributed by atoms with Gasteiger partial charge in [0.2, 0.25) is 23.6 Å². The summed E-state index contributed by atoms with van der Waals surface area (Å²) < 4.78 is 0. The second kappa shape index (κ2) is 12.8. The zero-order valence-corrected chi connectivity index (χ0v) is 17.7. The van der Waals surface area contributed by atoms with E-state index >= 15 is 0 Å². The number of aliphatic hydroxyl groups excluding tert-OH is 1. The van der Waals surface area contributed by atoms with Crippen molar-refractivity contribution in [3.8, 4) is 0 Å². The lowest BCUT2D eigenvalue weighted by Gasteiger charge is -2.27. The van der Waals surface area contributed by atoms with Crippen LogP contribution in [0.4, 0.5) is 0 Å². The number of hydrogen-bond donors (Lipinski definition) is 7. The predicted octanol–water partition coefficient (Wildman–Crippen LogP) is -2.43. The molecule has 0 aliphatic heterocycles. The number of nitrogens with one attached hydrogen (secondary N) is 3. The molecule has 12 heteroatoms. The van der Waals surface area contributed by atoms with E-state index in [1.807, 2.05) is 0 Å². The van der Waals surface area contributed by atoms with Crippen LogP contribution >= 0.6 is 0 Å². The van der Waals surface area contributed by atoms with Gasteiger partial charge in [-0.15, -0.1) is 0 Å². The molecule has 0 saturated carbocycles. The highest BCUT2D eigenvalue weighted by Gasteiger charge is 2.33. The van der Waals surface area contributed by atoms with Gasteiger partial charge in [0.05, 0.1) is 12.1 Å². The normalized spacial score (nSPS) is 16.9. The summed E-state index contributed by atoms with van der Waals surface area (Å²) in [5, 5.41) is 26.1. The van der Waals surface area contributed by atoms with Crippen molar-refractivity contribution in [1.29, 1.82) is 0 Å². The molecular formula is C18H33N5O7. The molecule has 0 radical (unpaired) electrons. The minimum atomic E-state index is -1.42. The Kier molecular flexibility index (Phi) is 11.6. The predicted molar refractivity (Wildman–Crippen MR) is 107 cm³/mol. The Morgan fingerprint density at radius 1 is 0.900 bits per heavy atom. The summed E-state index contributed by atoms with van der Waals surface area (Å²) in [5.41, 5.74) is 10.6. The quantitative estimate of drug-likeness (QED) is 0.166. The van der Waals surface area contributed by atoms with Crippen LogP contribution in [0.1, 0.15) is 47.0 Å². The van der Waals surface area contributed by atoms with Crippen molar-refractivity contribution in [2.24, 2.45) is 17.4 Å². The first kappa shape index (κ1) is 27.3. The fourth-order valence-corrected chi connectivity index (χ4v) is 2.44. The van der Waals surface area contributed by atoms with E-state index in [1.54, 1.807) is 13.8 Å². The Morgan fingerprint density at radius 2 is 1.43 bits per heavy atom. The average Bonchev–Trinajstić information content (AvgIpc) is 2.65. The monoisotopic (exact) mass is 431 g/mol. The van der Waals surface area contributed by atoms with E-state index in [9.17, 15) is 34.2 Å². The molecule has 0 spiro atoms. The van der Waals surface area contributed by atoms with E-state index in [2.05, 4.69) is 16.0 Å². The highest BCUT2D eigenvalue weighted by atomic mass is 16.4. The van der Waals surface area contributed by atoms with Gasteiger partial charge in [-0.1, -0.05) is 20.3 Å². The number of carboxylic acid groups (broad SMARTS) is 1. The van der Waals surface area contributed by atoms with Crippen LogP contribution in [-0.2, 0) is 24.0 Å². The first-order valence-corrected chi connectivity index (χ1v) is 9.67. The minimum absolute atomic E-state index is 0.201. The lowest BCUT2D eigenvalue weighted by molar-refractivity contribution is -0.144. The number of amides is 4. The van der Waals surface area contributed by atoms with Crippen LogP contribution in [0, 0.1) is 5.92 Å². The van der Waals surface area contributed by atoms with Crippen LogP contribution < -0.4 is 27.4 Å². The molecule has 0 aromatic carbocycles. The topological polar surface area (TPSA) is 214 Å². The largest absolute Gasteiger partial charge is 0.480 e. The highest BCUT2D eigenvalue weighted by Crippen LogP contribution is 2.09. The van der Waals surface area contributed by atoms with Gasteiger partial charge < -0.3 is 37.6 Å². The number of carbonyl (C=O) groups is 5. The SMILES string of the molecule is CCC(C)C(NC(=O)C(CCC(N)=O)NC(=O)C(NC(=O)C(C)N)C(C)O)C(=O)O. The van der Waals surface area contributed by atoms with Crippen LogP contribution in [0.15, 0.2) is 0 Å². The Labute approximate surface area is 175 Å². The molecule has 6 atom stereocenters. The molecular weight excluding hydrogens is 398 g/mol. The molecule has 4 amide bonds. The van der Waals surface area contributed by atoms with Crippen molar-refractivity contribution in [1.82, 2.24) is 16.0 Å². The second-order valence-electron chi connectivity index (χ2n) is 7.29. The molecule has 0 heterocycles. The van der Waals surface area contributed by atoms with Crippen molar-refractivity contribution in [2.45, 2.75) is 77.2 Å². The zero-order chi connectivity index (χ0) is 23.6. The molecule has 0 saturated heterocycles. The van der Waals surface area contributed by atoms with Crippen molar-refractivity contribution >= 4 is 29.6 Å². The standard InChI is InChI=1S/C18H33N5O7/c1-5-8(2)13(18(29)30)22-16(27)11(6-7-12(20)25)21-17(28)14(10(4)24)23-15(26)9(3)19/h8-11,13-14,24H,5-7,19H2,1-4H3,(H2,20,25)(H,21,28)(H,22,27)(H,23,26)(H,29,30). The first-order chi connectivity index (χ1) is 13.8. The van der Waals surface area contributed by atoms with Gasteiger partial charge in [0, 0.05) is 6.42 Å². The molecule has 6 unspecified atom stereocenters. The number of carbonyl (C=O) groups excluding carboxylic acids is 4. The first-order valence-electron chi connectivity index (χ1n) is 9.67. The molecule has 0 aromatic rings. The second-order valence-corrected chi connectivity index (χ2v) is 7.29. The fourth-order valence-electron chi connectivity index (χ4n) is 2.44. The summed E-state index contributed by atoms with van der Waals surface area (Å²) in [6, 6.07) is -4.89. The summed E-state index contributed by atoms with van der Waals surface area (Å²) in [6.45, 7) is 6.04. The molecule has 0 fully saturated rings. The third-order valence-corrected chi connectivity index (χ3v) is 4.57. The van der Waals surface area contributed by atoms with Gasteiger partial charge in [-0.2, -0.15) is 0 Å². The molecule has 0 aliphatic rings. The number of aliphatic carboxylic acids is 1. The maximum Gasteiger partial charge on any atom is 0.326 e. The van der Waals surface area contributed by atoms with E-state index in [0.29, 0.717) is 6.42 Å². The number of hydrogen-bond acceptors (Lipinski definition) is 7. The number of primary amides is 1. The van der Waals surface area contributed by atoms with Crippen molar-refractivity contribution < 1.29 is 34.2 Å². The summed E-state index contributed by atoms with van der Waals surface area (Å²) in [6.07, 6.45) is -1.30. The van der Waals surface area contributed by atoms with Crippen molar-refractivity contribution in [2.75, 3.05) is 0 Å². The van der Waals surface area contributed by atoms with E-state index < -0.39 is 65.8 Å². The Morgan fingerprint density at radius 3 is 1.83 bits per heavy atom. The van der Waals surface area contributed by atoms with E-state index in [-0.39, 0.29) is 12.8 Å². The Balaban J connectivity index is 5.50. The third kappa shape index (κ3) is 9.18. The molecule has 9 N–H and O–H groups in total. The minimum Gasteiger partial charge on any atom is -0.480 e. The van der Waals surface area contributed by atoms with Crippen LogP contribution in [0.5, 0.6) is 0 Å². The van der Waals surface area contributed by atoms with Crippen LogP contribution in [0.2, 0.25) is 0 Å². The zero-order valence-electron chi connectivity index (χ0n) is 17.7. The smallest absolute Gasteiger partial charge is 0.326 e. The van der Waals surface area contributed by atoms with Gasteiger partial charge in [-0.3, -0.25) is 19.2 Å². The molecule has 0 aromatic heterocycles. The van der Waals surface area contributed by atoms with Crippen molar-refractivity contribution in [3.05, 3.63) is 0 Å². The maximum absolute atomic E-state index is 12.6. The Hall–Kier alpha value is -2.73. The van der Waals surface area contributed by atoms with Gasteiger partial charge in [-0.05, 0) is 26.2 Å². The van der Waals surface area contributed by atoms with Gasteiger partial charge in [0.15, 0.2) is 0 Å². The highest BCUT2D eigenvalue weighted by molar-refractivity contribution is 5.94. The van der Waals surface area contributed by atoms with E-state index in [1.165, 1.54) is 13.8 Å². The summed E-state index contributed by atoms with van der Waals surface area (Å²) in [4.78, 5) is 59.6. The third-order valence-electron chi connectivity index (χ3n) is 4.57. The summed E-state index contributed by atoms with van der Waals surface area (Å²) in [5.74, 6) is -4.80. The van der Waals surface area contributed by atoms with Crippen molar-refractivity contribution in [3.63, 3.8) is 0 Å². The van der Waals surface area contributed by atoms with Gasteiger partial charge >= 0.3 is 5.97 Å². The number of nitrogens with two attached hydrogens (primary N) is 2. The van der Waals surface area contributed by atoms with Crippen LogP contribution in [0.3, 0.4) is 0 Å². The van der Waals surface area contributed by atoms with Gasteiger partial charge in [-0.25, -0.2) is 4.79 Å². The maximum atomic E-state index is 12.6. The van der Waals surface area contributed by atoms with E-state index in [0.717, 1.165) is 0 Å². The van der Waals surface area contributed by atoms with Gasteiger partial charge in [0.25, 0.3) is 0 Å². The molecule has 0 rings (SSSR count). The lowest BCUT2D eigenvalue weighted by atomic mass is 9.98. The summed E-state index contributed by atoms with van der Waals surface area (Å²) in [7, 11) is 0. The number of aliphatic hydroxyl groups is 1. The fraction of sp³-hybridized carbons (Fsp3) is 0.722.